The largest absolute Gasteiger partial charge is 0.370 e. The van der Waals surface area contributed by atoms with Gasteiger partial charge < -0.3 is 10.2 Å². The molecule has 0 radical (unpaired) electrons. The van der Waals surface area contributed by atoms with Crippen molar-refractivity contribution in [1.82, 2.24) is 24.6 Å². The first kappa shape index (κ1) is 16.5. The first-order valence-electron chi connectivity index (χ1n) is 9.56. The number of hydrogen-bond donors (Lipinski definition) is 1. The Balaban J connectivity index is 1.45. The zero-order valence-corrected chi connectivity index (χ0v) is 15.1. The number of fused-ring (bicyclic) bond motifs is 1. The summed E-state index contributed by atoms with van der Waals surface area (Å²) in [4.78, 5) is 12.2. The predicted molar refractivity (Wildman–Crippen MR) is 98.7 cm³/mol. The van der Waals surface area contributed by atoms with Crippen molar-refractivity contribution in [3.05, 3.63) is 35.5 Å². The molecule has 134 valence electrons. The molecule has 2 aromatic rings. The Morgan fingerprint density at radius 3 is 2.88 bits per heavy atom. The van der Waals surface area contributed by atoms with Crippen LogP contribution in [0.4, 0.5) is 5.82 Å². The maximum Gasteiger partial charge on any atom is 0.133 e. The molecule has 2 aromatic heterocycles. The van der Waals surface area contributed by atoms with E-state index in [0.717, 1.165) is 69.4 Å². The zero-order valence-electron chi connectivity index (χ0n) is 15.1. The van der Waals surface area contributed by atoms with Gasteiger partial charge in [0.25, 0.3) is 0 Å². The van der Waals surface area contributed by atoms with E-state index in [1.807, 2.05) is 23.1 Å². The van der Waals surface area contributed by atoms with Gasteiger partial charge in [0, 0.05) is 57.0 Å². The van der Waals surface area contributed by atoms with Crippen molar-refractivity contribution in [2.45, 2.75) is 45.1 Å². The van der Waals surface area contributed by atoms with Gasteiger partial charge in [0.15, 0.2) is 0 Å². The van der Waals surface area contributed by atoms with Crippen LogP contribution in [0.1, 0.15) is 36.3 Å². The average Bonchev–Trinajstić information content (AvgIpc) is 3.31. The molecule has 4 rings (SSSR count). The van der Waals surface area contributed by atoms with Crippen LogP contribution in [0.2, 0.25) is 0 Å². The Hall–Kier alpha value is -1.95. The fraction of sp³-hybridized carbons (Fsp3) is 0.632. The van der Waals surface area contributed by atoms with Crippen LogP contribution in [0.15, 0.2) is 18.5 Å². The Kier molecular flexibility index (Phi) is 4.97. The highest BCUT2D eigenvalue weighted by Crippen LogP contribution is 2.32. The van der Waals surface area contributed by atoms with Gasteiger partial charge in [0.2, 0.25) is 0 Å². The number of aryl methyl sites for hydroxylation is 1. The summed E-state index contributed by atoms with van der Waals surface area (Å²) in [6.45, 7) is 4.03. The Morgan fingerprint density at radius 1 is 1.20 bits per heavy atom. The minimum atomic E-state index is 0.819. The molecule has 1 aliphatic carbocycles. The Labute approximate surface area is 149 Å². The molecule has 0 atom stereocenters. The normalized spacial score (nSPS) is 18.0. The Bertz CT molecular complexity index is 692. The molecular weight excluding hydrogens is 312 g/mol. The number of nitrogens with zero attached hydrogens (tertiary/aromatic N) is 5. The van der Waals surface area contributed by atoms with Crippen molar-refractivity contribution in [1.29, 1.82) is 0 Å². The molecule has 0 unspecified atom stereocenters. The highest BCUT2D eigenvalue weighted by Gasteiger charge is 2.25. The average molecular weight is 340 g/mol. The molecule has 0 aromatic carbocycles. The first-order chi connectivity index (χ1) is 12.3. The van der Waals surface area contributed by atoms with Crippen LogP contribution in [-0.2, 0) is 25.8 Å². The van der Waals surface area contributed by atoms with E-state index >= 15 is 0 Å². The van der Waals surface area contributed by atoms with E-state index in [0.29, 0.717) is 0 Å². The van der Waals surface area contributed by atoms with Gasteiger partial charge in [-0.3, -0.25) is 4.68 Å². The van der Waals surface area contributed by atoms with Crippen LogP contribution in [-0.4, -0.2) is 51.3 Å². The molecule has 1 fully saturated rings. The van der Waals surface area contributed by atoms with Crippen molar-refractivity contribution < 1.29 is 0 Å². The number of anilines is 1. The fourth-order valence-electron chi connectivity index (χ4n) is 3.46. The third-order valence-corrected chi connectivity index (χ3v) is 5.20. The summed E-state index contributed by atoms with van der Waals surface area (Å²) in [5, 5.41) is 7.86. The lowest BCUT2D eigenvalue weighted by Gasteiger charge is -2.15. The summed E-state index contributed by atoms with van der Waals surface area (Å²) in [5.41, 5.74) is 2.60. The Morgan fingerprint density at radius 2 is 2.08 bits per heavy atom. The smallest absolute Gasteiger partial charge is 0.133 e. The lowest BCUT2D eigenvalue weighted by molar-refractivity contribution is 0.352. The minimum absolute atomic E-state index is 0.819. The molecule has 2 aliphatic rings. The highest BCUT2D eigenvalue weighted by molar-refractivity contribution is 5.47. The van der Waals surface area contributed by atoms with E-state index < -0.39 is 0 Å². The summed E-state index contributed by atoms with van der Waals surface area (Å²) < 4.78 is 1.98. The van der Waals surface area contributed by atoms with Crippen LogP contribution in [0.25, 0.3) is 0 Å². The lowest BCUT2D eigenvalue weighted by Crippen LogP contribution is -2.20. The number of rotatable bonds is 7. The number of likely N-dealkylation sites (N-methyl/N-ethyl adjacent to an activating group) is 1. The second-order valence-corrected chi connectivity index (χ2v) is 7.41. The van der Waals surface area contributed by atoms with Crippen LogP contribution in [0.3, 0.4) is 0 Å². The lowest BCUT2D eigenvalue weighted by atomic mass is 10.1. The SMILES string of the molecule is CN1CCc2nc(CC3CC3)nc(NCCCn3cccn3)c2CC1. The topological polar surface area (TPSA) is 58.9 Å². The summed E-state index contributed by atoms with van der Waals surface area (Å²) in [5.74, 6) is 2.94. The van der Waals surface area contributed by atoms with E-state index in [9.17, 15) is 0 Å². The molecule has 1 N–H and O–H groups in total. The summed E-state index contributed by atoms with van der Waals surface area (Å²) >= 11 is 0. The molecule has 3 heterocycles. The van der Waals surface area contributed by atoms with Gasteiger partial charge in [-0.1, -0.05) is 0 Å². The van der Waals surface area contributed by atoms with Gasteiger partial charge in [-0.25, -0.2) is 9.97 Å². The molecule has 1 aliphatic heterocycles. The molecule has 0 spiro atoms. The van der Waals surface area contributed by atoms with Gasteiger partial charge in [-0.05, 0) is 44.7 Å². The van der Waals surface area contributed by atoms with E-state index in [4.69, 9.17) is 9.97 Å². The molecule has 6 nitrogen and oxygen atoms in total. The molecule has 25 heavy (non-hydrogen) atoms. The third-order valence-electron chi connectivity index (χ3n) is 5.20. The van der Waals surface area contributed by atoms with Gasteiger partial charge in [0.05, 0.1) is 5.69 Å². The summed E-state index contributed by atoms with van der Waals surface area (Å²) in [6, 6.07) is 1.97. The van der Waals surface area contributed by atoms with Crippen molar-refractivity contribution in [2.24, 2.45) is 5.92 Å². The van der Waals surface area contributed by atoms with Gasteiger partial charge in [-0.15, -0.1) is 0 Å². The zero-order chi connectivity index (χ0) is 17.1. The van der Waals surface area contributed by atoms with E-state index in [-0.39, 0.29) is 0 Å². The minimum Gasteiger partial charge on any atom is -0.370 e. The van der Waals surface area contributed by atoms with Crippen molar-refractivity contribution in [3.63, 3.8) is 0 Å². The standard InChI is InChI=1S/C19H28N6/c1-24-12-6-16-17(7-13-24)22-18(14-15-4-5-15)23-19(16)20-8-2-10-25-11-3-9-21-25/h3,9,11,15H,2,4-8,10,12-14H2,1H3,(H,20,22,23). The number of nitrogens with one attached hydrogen (secondary N) is 1. The number of aromatic nitrogens is 4. The second kappa shape index (κ2) is 7.52. The first-order valence-corrected chi connectivity index (χ1v) is 9.56. The van der Waals surface area contributed by atoms with E-state index in [1.54, 1.807) is 0 Å². The maximum absolute atomic E-state index is 4.93. The van der Waals surface area contributed by atoms with Gasteiger partial charge >= 0.3 is 0 Å². The molecule has 0 amide bonds. The van der Waals surface area contributed by atoms with Crippen molar-refractivity contribution in [2.75, 3.05) is 32.0 Å². The highest BCUT2D eigenvalue weighted by atomic mass is 15.3. The van der Waals surface area contributed by atoms with E-state index in [1.165, 1.54) is 24.1 Å². The molecular formula is C19H28N6. The predicted octanol–water partition coefficient (Wildman–Crippen LogP) is 2.16. The molecule has 1 saturated carbocycles. The van der Waals surface area contributed by atoms with Crippen LogP contribution in [0, 0.1) is 5.92 Å². The monoisotopic (exact) mass is 340 g/mol. The molecule has 6 heteroatoms. The molecule has 0 bridgehead atoms. The fourth-order valence-corrected chi connectivity index (χ4v) is 3.46. The number of hydrogen-bond acceptors (Lipinski definition) is 5. The summed E-state index contributed by atoms with van der Waals surface area (Å²) in [7, 11) is 2.20. The maximum atomic E-state index is 4.93. The quantitative estimate of drug-likeness (QED) is 0.783. The van der Waals surface area contributed by atoms with Crippen LogP contribution >= 0.6 is 0 Å². The van der Waals surface area contributed by atoms with E-state index in [2.05, 4.69) is 22.4 Å². The van der Waals surface area contributed by atoms with Crippen molar-refractivity contribution in [3.8, 4) is 0 Å². The van der Waals surface area contributed by atoms with Gasteiger partial charge in [-0.2, -0.15) is 5.10 Å². The van der Waals surface area contributed by atoms with Crippen molar-refractivity contribution >= 4 is 5.82 Å². The van der Waals surface area contributed by atoms with Crippen LogP contribution in [0.5, 0.6) is 0 Å². The molecule has 0 saturated heterocycles. The van der Waals surface area contributed by atoms with Gasteiger partial charge in [0.1, 0.15) is 11.6 Å². The van der Waals surface area contributed by atoms with Crippen LogP contribution < -0.4 is 5.32 Å². The third kappa shape index (κ3) is 4.37. The summed E-state index contributed by atoms with van der Waals surface area (Å²) in [6.07, 6.45) is 10.7. The second-order valence-electron chi connectivity index (χ2n) is 7.41.